The van der Waals surface area contributed by atoms with Gasteiger partial charge in [-0.15, -0.1) is 0 Å². The monoisotopic (exact) mass is 363 g/mol. The first-order chi connectivity index (χ1) is 11.5. The van der Waals surface area contributed by atoms with Crippen molar-refractivity contribution in [1.82, 2.24) is 15.3 Å². The van der Waals surface area contributed by atoms with Crippen LogP contribution in [0.25, 0.3) is 11.0 Å². The summed E-state index contributed by atoms with van der Waals surface area (Å²) in [4.78, 5) is 19.7. The summed E-state index contributed by atoms with van der Waals surface area (Å²) >= 11 is 11.9. The van der Waals surface area contributed by atoms with E-state index in [9.17, 15) is 4.79 Å². The SMILES string of the molecule is C[C@@H](Oc1ccc(Cl)cc1Cl)C(=O)NCc1nc2ccccc2[nH]1. The van der Waals surface area contributed by atoms with Crippen molar-refractivity contribution in [2.75, 3.05) is 0 Å². The zero-order chi connectivity index (χ0) is 17.1. The van der Waals surface area contributed by atoms with E-state index in [1.54, 1.807) is 25.1 Å². The number of benzene rings is 2. The predicted molar refractivity (Wildman–Crippen MR) is 94.5 cm³/mol. The summed E-state index contributed by atoms with van der Waals surface area (Å²) in [6.45, 7) is 1.94. The zero-order valence-electron chi connectivity index (χ0n) is 12.8. The van der Waals surface area contributed by atoms with Gasteiger partial charge in [0.05, 0.1) is 22.6 Å². The number of carbonyl (C=O) groups is 1. The second-order valence-corrected chi connectivity index (χ2v) is 6.10. The molecule has 0 bridgehead atoms. The minimum atomic E-state index is -0.701. The maximum Gasteiger partial charge on any atom is 0.261 e. The van der Waals surface area contributed by atoms with Crippen molar-refractivity contribution >= 4 is 40.1 Å². The Labute approximate surface area is 148 Å². The highest BCUT2D eigenvalue weighted by Crippen LogP contribution is 2.28. The van der Waals surface area contributed by atoms with Crippen LogP contribution in [-0.4, -0.2) is 22.0 Å². The number of ether oxygens (including phenoxy) is 1. The summed E-state index contributed by atoms with van der Waals surface area (Å²) in [5, 5.41) is 3.65. The van der Waals surface area contributed by atoms with E-state index in [-0.39, 0.29) is 12.5 Å². The lowest BCUT2D eigenvalue weighted by atomic mass is 10.3. The molecule has 3 aromatic rings. The van der Waals surface area contributed by atoms with Gasteiger partial charge in [-0.2, -0.15) is 0 Å². The Morgan fingerprint density at radius 1 is 1.29 bits per heavy atom. The number of hydrogen-bond donors (Lipinski definition) is 2. The number of rotatable bonds is 5. The van der Waals surface area contributed by atoms with E-state index in [4.69, 9.17) is 27.9 Å². The minimum Gasteiger partial charge on any atom is -0.479 e. The lowest BCUT2D eigenvalue weighted by Gasteiger charge is -2.15. The van der Waals surface area contributed by atoms with Gasteiger partial charge in [-0.1, -0.05) is 35.3 Å². The fraction of sp³-hybridized carbons (Fsp3) is 0.176. The van der Waals surface area contributed by atoms with Crippen LogP contribution in [0.15, 0.2) is 42.5 Å². The number of nitrogens with zero attached hydrogens (tertiary/aromatic N) is 1. The van der Waals surface area contributed by atoms with Gasteiger partial charge in [0.25, 0.3) is 5.91 Å². The van der Waals surface area contributed by atoms with Gasteiger partial charge in [0.2, 0.25) is 0 Å². The van der Waals surface area contributed by atoms with Crippen LogP contribution >= 0.6 is 23.2 Å². The molecular weight excluding hydrogens is 349 g/mol. The van der Waals surface area contributed by atoms with Crippen molar-refractivity contribution in [2.45, 2.75) is 19.6 Å². The molecule has 2 N–H and O–H groups in total. The van der Waals surface area contributed by atoms with Crippen molar-refractivity contribution in [2.24, 2.45) is 0 Å². The normalized spacial score (nSPS) is 12.1. The van der Waals surface area contributed by atoms with Crippen LogP contribution in [0.1, 0.15) is 12.7 Å². The van der Waals surface area contributed by atoms with E-state index >= 15 is 0 Å². The van der Waals surface area contributed by atoms with Gasteiger partial charge >= 0.3 is 0 Å². The number of para-hydroxylation sites is 2. The minimum absolute atomic E-state index is 0.263. The summed E-state index contributed by atoms with van der Waals surface area (Å²) in [6, 6.07) is 12.5. The molecule has 0 radical (unpaired) electrons. The van der Waals surface area contributed by atoms with E-state index in [0.717, 1.165) is 11.0 Å². The quantitative estimate of drug-likeness (QED) is 0.720. The highest BCUT2D eigenvalue weighted by Gasteiger charge is 2.16. The fourth-order valence-electron chi connectivity index (χ4n) is 2.22. The highest BCUT2D eigenvalue weighted by molar-refractivity contribution is 6.35. The fourth-order valence-corrected chi connectivity index (χ4v) is 2.67. The number of nitrogens with one attached hydrogen (secondary N) is 2. The number of aromatic amines is 1. The lowest BCUT2D eigenvalue weighted by molar-refractivity contribution is -0.127. The van der Waals surface area contributed by atoms with Gasteiger partial charge in [0.1, 0.15) is 11.6 Å². The third kappa shape index (κ3) is 3.80. The summed E-state index contributed by atoms with van der Waals surface area (Å²) < 4.78 is 5.58. The molecule has 0 fully saturated rings. The molecule has 0 aliphatic rings. The molecule has 0 saturated carbocycles. The first-order valence-electron chi connectivity index (χ1n) is 7.36. The van der Waals surface area contributed by atoms with Crippen molar-refractivity contribution in [3.8, 4) is 5.75 Å². The average Bonchev–Trinajstić information content (AvgIpc) is 2.98. The number of carbonyl (C=O) groups excluding carboxylic acids is 1. The van der Waals surface area contributed by atoms with E-state index < -0.39 is 6.10 Å². The molecule has 0 spiro atoms. The number of halogens is 2. The predicted octanol–water partition coefficient (Wildman–Crippen LogP) is 3.95. The van der Waals surface area contributed by atoms with Crippen LogP contribution in [0.2, 0.25) is 10.0 Å². The number of imidazole rings is 1. The van der Waals surface area contributed by atoms with Crippen molar-refractivity contribution in [3.63, 3.8) is 0 Å². The molecule has 1 aromatic heterocycles. The van der Waals surface area contributed by atoms with Crippen LogP contribution in [0, 0.1) is 0 Å². The summed E-state index contributed by atoms with van der Waals surface area (Å²) in [5.74, 6) is 0.829. The van der Waals surface area contributed by atoms with Crippen LogP contribution in [0.3, 0.4) is 0 Å². The first kappa shape index (κ1) is 16.6. The summed E-state index contributed by atoms with van der Waals surface area (Å²) in [5.41, 5.74) is 1.79. The molecule has 0 saturated heterocycles. The van der Waals surface area contributed by atoms with Crippen molar-refractivity contribution in [3.05, 3.63) is 58.3 Å². The Balaban J connectivity index is 1.59. The van der Waals surface area contributed by atoms with Crippen molar-refractivity contribution < 1.29 is 9.53 Å². The van der Waals surface area contributed by atoms with Gasteiger partial charge in [-0.05, 0) is 37.3 Å². The molecule has 3 rings (SSSR count). The van der Waals surface area contributed by atoms with Crippen LogP contribution in [0.4, 0.5) is 0 Å². The molecule has 7 heteroatoms. The Kier molecular flexibility index (Phi) is 4.92. The summed E-state index contributed by atoms with van der Waals surface area (Å²) in [7, 11) is 0. The van der Waals surface area contributed by atoms with Crippen LogP contribution in [-0.2, 0) is 11.3 Å². The van der Waals surface area contributed by atoms with Gasteiger partial charge in [-0.3, -0.25) is 4.79 Å². The largest absolute Gasteiger partial charge is 0.479 e. The Morgan fingerprint density at radius 3 is 2.83 bits per heavy atom. The van der Waals surface area contributed by atoms with E-state index in [2.05, 4.69) is 15.3 Å². The highest BCUT2D eigenvalue weighted by atomic mass is 35.5. The Hall–Kier alpha value is -2.24. The number of aromatic nitrogens is 2. The second-order valence-electron chi connectivity index (χ2n) is 5.25. The standard InChI is InChI=1S/C17H15Cl2N3O2/c1-10(24-15-7-6-11(18)8-12(15)19)17(23)20-9-16-21-13-4-2-3-5-14(13)22-16/h2-8,10H,9H2,1H3,(H,20,23)(H,21,22)/t10-/m1/s1. The maximum atomic E-state index is 12.2. The third-order valence-electron chi connectivity index (χ3n) is 3.44. The number of amides is 1. The molecule has 0 aliphatic heterocycles. The smallest absolute Gasteiger partial charge is 0.261 e. The molecule has 2 aromatic carbocycles. The van der Waals surface area contributed by atoms with Gasteiger partial charge in [0, 0.05) is 5.02 Å². The molecule has 1 heterocycles. The molecule has 5 nitrogen and oxygen atoms in total. The van der Waals surface area contributed by atoms with Crippen LogP contribution < -0.4 is 10.1 Å². The number of fused-ring (bicyclic) bond motifs is 1. The Morgan fingerprint density at radius 2 is 2.08 bits per heavy atom. The van der Waals surface area contributed by atoms with E-state index in [0.29, 0.717) is 21.6 Å². The van der Waals surface area contributed by atoms with E-state index in [1.165, 1.54) is 0 Å². The molecule has 24 heavy (non-hydrogen) atoms. The van der Waals surface area contributed by atoms with E-state index in [1.807, 2.05) is 24.3 Å². The molecular formula is C17H15Cl2N3O2. The maximum absolute atomic E-state index is 12.2. The Bertz CT molecular complexity index is 846. The first-order valence-corrected chi connectivity index (χ1v) is 8.11. The molecule has 0 aliphatic carbocycles. The zero-order valence-corrected chi connectivity index (χ0v) is 14.4. The lowest BCUT2D eigenvalue weighted by Crippen LogP contribution is -2.36. The van der Waals surface area contributed by atoms with Gasteiger partial charge < -0.3 is 15.0 Å². The average molecular weight is 364 g/mol. The summed E-state index contributed by atoms with van der Waals surface area (Å²) in [6.07, 6.45) is -0.701. The molecule has 1 atom stereocenters. The molecule has 0 unspecified atom stereocenters. The second kappa shape index (κ2) is 7.11. The number of hydrogen-bond acceptors (Lipinski definition) is 3. The van der Waals surface area contributed by atoms with Gasteiger partial charge in [0.15, 0.2) is 6.10 Å². The number of H-pyrrole nitrogens is 1. The van der Waals surface area contributed by atoms with Gasteiger partial charge in [-0.25, -0.2) is 4.98 Å². The topological polar surface area (TPSA) is 67.0 Å². The van der Waals surface area contributed by atoms with Crippen LogP contribution in [0.5, 0.6) is 5.75 Å². The molecule has 124 valence electrons. The third-order valence-corrected chi connectivity index (χ3v) is 3.97. The van der Waals surface area contributed by atoms with Crippen molar-refractivity contribution in [1.29, 1.82) is 0 Å². The molecule has 1 amide bonds.